The molecule has 84 valence electrons. The molecule has 1 amide bonds. The maximum atomic E-state index is 11.6. The van der Waals surface area contributed by atoms with Gasteiger partial charge in [0.1, 0.15) is 0 Å². The van der Waals surface area contributed by atoms with E-state index in [0.717, 1.165) is 5.39 Å². The lowest BCUT2D eigenvalue weighted by atomic mass is 10.2. The van der Waals surface area contributed by atoms with Crippen LogP contribution in [0.2, 0.25) is 0 Å². The molecule has 4 heteroatoms. The highest BCUT2D eigenvalue weighted by atomic mass is 16.5. The van der Waals surface area contributed by atoms with Crippen molar-refractivity contribution in [3.05, 3.63) is 30.0 Å². The van der Waals surface area contributed by atoms with Gasteiger partial charge in [0.2, 0.25) is 0 Å². The summed E-state index contributed by atoms with van der Waals surface area (Å²) >= 11 is 0. The van der Waals surface area contributed by atoms with Crippen molar-refractivity contribution in [3.63, 3.8) is 0 Å². The molecule has 0 fully saturated rings. The van der Waals surface area contributed by atoms with Gasteiger partial charge in [-0.15, -0.1) is 0 Å². The van der Waals surface area contributed by atoms with Crippen LogP contribution in [0.1, 0.15) is 17.5 Å². The highest BCUT2D eigenvalue weighted by Gasteiger charge is 2.13. The molecule has 1 N–H and O–H groups in total. The maximum absolute atomic E-state index is 11.6. The minimum atomic E-state index is -0.208. The Labute approximate surface area is 93.2 Å². The number of benzene rings is 1. The van der Waals surface area contributed by atoms with Crippen molar-refractivity contribution in [1.29, 1.82) is 0 Å². The minimum absolute atomic E-state index is 0.208. The zero-order valence-corrected chi connectivity index (χ0v) is 9.24. The summed E-state index contributed by atoms with van der Waals surface area (Å²) in [6.45, 7) is 2.44. The molecule has 2 rings (SSSR count). The van der Waals surface area contributed by atoms with Crippen molar-refractivity contribution in [2.75, 3.05) is 13.7 Å². The van der Waals surface area contributed by atoms with Gasteiger partial charge in [-0.2, -0.15) is 0 Å². The Morgan fingerprint density at radius 3 is 3.00 bits per heavy atom. The van der Waals surface area contributed by atoms with E-state index >= 15 is 0 Å². The van der Waals surface area contributed by atoms with Crippen LogP contribution in [-0.2, 0) is 0 Å². The second-order valence-corrected chi connectivity index (χ2v) is 3.35. The van der Waals surface area contributed by atoms with Crippen molar-refractivity contribution >= 4 is 16.9 Å². The first-order valence-corrected chi connectivity index (χ1v) is 5.11. The monoisotopic (exact) mass is 219 g/mol. The van der Waals surface area contributed by atoms with Crippen LogP contribution in [0, 0.1) is 0 Å². The third-order valence-corrected chi connectivity index (χ3v) is 2.29. The Morgan fingerprint density at radius 2 is 2.31 bits per heavy atom. The van der Waals surface area contributed by atoms with Crippen LogP contribution in [0.5, 0.6) is 5.75 Å². The standard InChI is InChI=1S/C12H13NO3/c1-3-13-12(14)10-7-8-5-4-6-9(15-2)11(8)16-10/h4-7H,3H2,1-2H3,(H,13,14). The Hall–Kier alpha value is -1.97. The van der Waals surface area contributed by atoms with Crippen molar-refractivity contribution in [3.8, 4) is 5.75 Å². The Morgan fingerprint density at radius 1 is 1.50 bits per heavy atom. The number of nitrogens with one attached hydrogen (secondary N) is 1. The van der Waals surface area contributed by atoms with E-state index in [9.17, 15) is 4.79 Å². The lowest BCUT2D eigenvalue weighted by Gasteiger charge is -1.99. The zero-order valence-electron chi connectivity index (χ0n) is 9.24. The fourth-order valence-corrected chi connectivity index (χ4v) is 1.56. The molecule has 4 nitrogen and oxygen atoms in total. The number of ether oxygens (including phenoxy) is 1. The van der Waals surface area contributed by atoms with Crippen molar-refractivity contribution < 1.29 is 13.9 Å². The number of hydrogen-bond donors (Lipinski definition) is 1. The summed E-state index contributed by atoms with van der Waals surface area (Å²) in [5, 5.41) is 3.55. The number of methoxy groups -OCH3 is 1. The van der Waals surface area contributed by atoms with Crippen LogP contribution in [0.4, 0.5) is 0 Å². The summed E-state index contributed by atoms with van der Waals surface area (Å²) in [7, 11) is 1.57. The summed E-state index contributed by atoms with van der Waals surface area (Å²) < 4.78 is 10.6. The largest absolute Gasteiger partial charge is 0.493 e. The van der Waals surface area contributed by atoms with Gasteiger partial charge in [-0.3, -0.25) is 4.79 Å². The summed E-state index contributed by atoms with van der Waals surface area (Å²) in [4.78, 5) is 11.6. The lowest BCUT2D eigenvalue weighted by molar-refractivity contribution is 0.0930. The molecule has 0 bridgehead atoms. The molecule has 0 spiro atoms. The first kappa shape index (κ1) is 10.5. The van der Waals surface area contributed by atoms with Crippen LogP contribution < -0.4 is 10.1 Å². The van der Waals surface area contributed by atoms with E-state index in [1.165, 1.54) is 0 Å². The van der Waals surface area contributed by atoms with E-state index < -0.39 is 0 Å². The number of amides is 1. The van der Waals surface area contributed by atoms with E-state index in [1.807, 2.05) is 19.1 Å². The van der Waals surface area contributed by atoms with Gasteiger partial charge in [-0.25, -0.2) is 0 Å². The van der Waals surface area contributed by atoms with Gasteiger partial charge in [0.05, 0.1) is 7.11 Å². The van der Waals surface area contributed by atoms with Gasteiger partial charge in [0.15, 0.2) is 17.1 Å². The predicted octanol–water partition coefficient (Wildman–Crippen LogP) is 2.19. The number of rotatable bonds is 3. The Bertz CT molecular complexity index is 516. The fraction of sp³-hybridized carbons (Fsp3) is 0.250. The zero-order chi connectivity index (χ0) is 11.5. The number of furan rings is 1. The molecule has 16 heavy (non-hydrogen) atoms. The molecule has 0 saturated heterocycles. The van der Waals surface area contributed by atoms with Crippen LogP contribution in [-0.4, -0.2) is 19.6 Å². The molecule has 0 aliphatic heterocycles. The molecule has 0 saturated carbocycles. The second kappa shape index (κ2) is 4.26. The molecule has 0 unspecified atom stereocenters. The molecule has 0 atom stereocenters. The van der Waals surface area contributed by atoms with Crippen LogP contribution in [0.15, 0.2) is 28.7 Å². The van der Waals surface area contributed by atoms with Crippen molar-refractivity contribution in [2.45, 2.75) is 6.92 Å². The van der Waals surface area contributed by atoms with Crippen molar-refractivity contribution in [2.24, 2.45) is 0 Å². The second-order valence-electron chi connectivity index (χ2n) is 3.35. The average molecular weight is 219 g/mol. The third-order valence-electron chi connectivity index (χ3n) is 2.29. The quantitative estimate of drug-likeness (QED) is 0.860. The molecule has 0 aliphatic rings. The molecule has 0 aliphatic carbocycles. The summed E-state index contributed by atoms with van der Waals surface area (Å²) in [6.07, 6.45) is 0. The highest BCUT2D eigenvalue weighted by molar-refractivity contribution is 5.97. The van der Waals surface area contributed by atoms with Gasteiger partial charge in [0.25, 0.3) is 5.91 Å². The molecular weight excluding hydrogens is 206 g/mol. The number of para-hydroxylation sites is 1. The normalized spacial score (nSPS) is 10.4. The van der Waals surface area contributed by atoms with E-state index in [0.29, 0.717) is 23.6 Å². The molecule has 0 radical (unpaired) electrons. The van der Waals surface area contributed by atoms with Crippen LogP contribution >= 0.6 is 0 Å². The van der Waals surface area contributed by atoms with E-state index in [-0.39, 0.29) is 5.91 Å². The number of hydrogen-bond acceptors (Lipinski definition) is 3. The van der Waals surface area contributed by atoms with E-state index in [4.69, 9.17) is 9.15 Å². The van der Waals surface area contributed by atoms with Gasteiger partial charge in [-0.05, 0) is 19.1 Å². The number of carbonyl (C=O) groups is 1. The Balaban J connectivity index is 2.47. The molecule has 1 aromatic heterocycles. The number of fused-ring (bicyclic) bond motifs is 1. The van der Waals surface area contributed by atoms with Crippen molar-refractivity contribution in [1.82, 2.24) is 5.32 Å². The van der Waals surface area contributed by atoms with Gasteiger partial charge >= 0.3 is 0 Å². The highest BCUT2D eigenvalue weighted by Crippen LogP contribution is 2.28. The maximum Gasteiger partial charge on any atom is 0.287 e. The fourth-order valence-electron chi connectivity index (χ4n) is 1.56. The smallest absolute Gasteiger partial charge is 0.287 e. The molecule has 2 aromatic rings. The summed E-state index contributed by atoms with van der Waals surface area (Å²) in [6, 6.07) is 7.25. The third kappa shape index (κ3) is 1.74. The first-order chi connectivity index (χ1) is 7.76. The van der Waals surface area contributed by atoms with Gasteiger partial charge in [0, 0.05) is 11.9 Å². The molecule has 1 heterocycles. The topological polar surface area (TPSA) is 51.5 Å². The van der Waals surface area contributed by atoms with E-state index in [1.54, 1.807) is 19.2 Å². The van der Waals surface area contributed by atoms with Gasteiger partial charge < -0.3 is 14.5 Å². The van der Waals surface area contributed by atoms with E-state index in [2.05, 4.69) is 5.32 Å². The van der Waals surface area contributed by atoms with Gasteiger partial charge in [-0.1, -0.05) is 12.1 Å². The number of carbonyl (C=O) groups excluding carboxylic acids is 1. The SMILES string of the molecule is CCNC(=O)c1cc2cccc(OC)c2o1. The predicted molar refractivity (Wildman–Crippen MR) is 60.8 cm³/mol. The first-order valence-electron chi connectivity index (χ1n) is 5.11. The van der Waals surface area contributed by atoms with Crippen LogP contribution in [0.3, 0.4) is 0 Å². The molecule has 1 aromatic carbocycles. The molecular formula is C12H13NO3. The summed E-state index contributed by atoms with van der Waals surface area (Å²) in [5.41, 5.74) is 0.603. The summed E-state index contributed by atoms with van der Waals surface area (Å²) in [5.74, 6) is 0.732. The van der Waals surface area contributed by atoms with Crippen LogP contribution in [0.25, 0.3) is 11.0 Å². The minimum Gasteiger partial charge on any atom is -0.493 e. The lowest BCUT2D eigenvalue weighted by Crippen LogP contribution is -2.21. The Kier molecular flexibility index (Phi) is 2.81. The average Bonchev–Trinajstić information content (AvgIpc) is 2.72.